The summed E-state index contributed by atoms with van der Waals surface area (Å²) in [4.78, 5) is 23.5. The summed E-state index contributed by atoms with van der Waals surface area (Å²) in [6.07, 6.45) is 19.7. The van der Waals surface area contributed by atoms with Crippen molar-refractivity contribution in [2.24, 2.45) is 0 Å². The molecule has 0 saturated carbocycles. The van der Waals surface area contributed by atoms with Gasteiger partial charge in [-0.2, -0.15) is 0 Å². The van der Waals surface area contributed by atoms with Crippen molar-refractivity contribution in [3.8, 4) is 0 Å². The monoisotopic (exact) mass is 472 g/mol. The third-order valence-electron chi connectivity index (χ3n) is 5.20. The molecule has 0 radical (unpaired) electrons. The molecule has 3 nitrogen and oxygen atoms in total. The molecule has 166 valence electrons. The Morgan fingerprint density at radius 3 is 1.50 bits per heavy atom. The van der Waals surface area contributed by atoms with Gasteiger partial charge in [0.15, 0.2) is 0 Å². The van der Waals surface area contributed by atoms with Crippen LogP contribution < -0.4 is 0 Å². The van der Waals surface area contributed by atoms with Crippen LogP contribution >= 0.6 is 0 Å². The third kappa shape index (κ3) is 19.6. The van der Waals surface area contributed by atoms with Crippen molar-refractivity contribution >= 4 is 87.4 Å². The number of carbonyl (C=O) groups excluding carboxylic acids is 2. The molecule has 0 saturated heterocycles. The first-order valence-electron chi connectivity index (χ1n) is 11.5. The van der Waals surface area contributed by atoms with Crippen LogP contribution in [0.3, 0.4) is 0 Å². The molecule has 0 aliphatic heterocycles. The fraction of sp³-hybridized carbons (Fsp3) is 0.680. The number of hydrogen-bond donors (Lipinski definition) is 0. The molecule has 0 fully saturated rings. The van der Waals surface area contributed by atoms with Crippen LogP contribution in [0.25, 0.3) is 0 Å². The summed E-state index contributed by atoms with van der Waals surface area (Å²) < 4.78 is 4.88. The van der Waals surface area contributed by atoms with Gasteiger partial charge in [0, 0.05) is 6.42 Å². The Morgan fingerprint density at radius 1 is 0.667 bits per heavy atom. The standard InChI is InChI=1S/C25H40O3.2Ca.4H/c1-2-3-4-5-6-7-8-9-10-11-12-13-14-15-19-22-24(26)28-25(27)23-20-17-16-18-21-23;;;;;;/h16-18,20-21H,2-15,19,22H2,1H3;;;;;;/q;2*+2;4*-1. The van der Waals surface area contributed by atoms with E-state index in [-0.39, 0.29) is 81.2 Å². The quantitative estimate of drug-likeness (QED) is 0.103. The fourth-order valence-electron chi connectivity index (χ4n) is 3.43. The fourth-order valence-corrected chi connectivity index (χ4v) is 3.43. The molecule has 0 unspecified atom stereocenters. The van der Waals surface area contributed by atoms with Crippen LogP contribution in [0.5, 0.6) is 0 Å². The molecule has 0 spiro atoms. The first kappa shape index (κ1) is 33.1. The molecule has 0 aliphatic rings. The van der Waals surface area contributed by atoms with Crippen LogP contribution in [0.15, 0.2) is 30.3 Å². The SMILES string of the molecule is CCCCCCCCCCCCCCCCCC(=O)OC(=O)c1ccccc1.[Ca+2].[Ca+2].[H-].[H-].[H-].[H-]. The molecule has 0 aromatic heterocycles. The predicted octanol–water partition coefficient (Wildman–Crippen LogP) is 7.32. The van der Waals surface area contributed by atoms with Gasteiger partial charge in [0.1, 0.15) is 0 Å². The zero-order valence-corrected chi connectivity index (χ0v) is 23.8. The summed E-state index contributed by atoms with van der Waals surface area (Å²) >= 11 is 0. The van der Waals surface area contributed by atoms with Crippen molar-refractivity contribution in [1.82, 2.24) is 0 Å². The Balaban J connectivity index is -0.000000327. The van der Waals surface area contributed by atoms with E-state index in [1.807, 2.05) is 6.07 Å². The van der Waals surface area contributed by atoms with E-state index in [1.165, 1.54) is 77.0 Å². The second kappa shape index (κ2) is 24.5. The van der Waals surface area contributed by atoms with Crippen molar-refractivity contribution in [2.45, 2.75) is 110 Å². The van der Waals surface area contributed by atoms with E-state index in [4.69, 9.17) is 4.74 Å². The number of rotatable bonds is 17. The van der Waals surface area contributed by atoms with Crippen LogP contribution in [0.4, 0.5) is 0 Å². The zero-order chi connectivity index (χ0) is 20.3. The molecule has 0 bridgehead atoms. The van der Waals surface area contributed by atoms with Crippen LogP contribution in [0.2, 0.25) is 0 Å². The van der Waals surface area contributed by atoms with Crippen LogP contribution in [-0.2, 0) is 9.53 Å². The van der Waals surface area contributed by atoms with Gasteiger partial charge in [0.05, 0.1) is 5.56 Å². The number of esters is 2. The Morgan fingerprint density at radius 2 is 1.07 bits per heavy atom. The van der Waals surface area contributed by atoms with E-state index in [0.717, 1.165) is 19.3 Å². The maximum atomic E-state index is 11.8. The van der Waals surface area contributed by atoms with Crippen LogP contribution in [0, 0.1) is 0 Å². The van der Waals surface area contributed by atoms with Crippen molar-refractivity contribution in [3.05, 3.63) is 35.9 Å². The second-order valence-electron chi connectivity index (χ2n) is 7.83. The molecular formula is C25H44Ca2O3. The number of unbranched alkanes of at least 4 members (excludes halogenated alkanes) is 14. The maximum absolute atomic E-state index is 11.8. The predicted molar refractivity (Wildman–Crippen MR) is 132 cm³/mol. The summed E-state index contributed by atoms with van der Waals surface area (Å²) in [6, 6.07) is 8.66. The molecule has 1 aromatic carbocycles. The van der Waals surface area contributed by atoms with Crippen molar-refractivity contribution < 1.29 is 20.0 Å². The van der Waals surface area contributed by atoms with Crippen molar-refractivity contribution in [3.63, 3.8) is 0 Å². The molecular weight excluding hydrogens is 428 g/mol. The van der Waals surface area contributed by atoms with E-state index < -0.39 is 11.9 Å². The van der Waals surface area contributed by atoms with Crippen molar-refractivity contribution in [1.29, 1.82) is 0 Å². The summed E-state index contributed by atoms with van der Waals surface area (Å²) in [5.41, 5.74) is 0.423. The molecule has 0 heterocycles. The molecule has 1 aromatic rings. The molecule has 1 rings (SSSR count). The van der Waals surface area contributed by atoms with E-state index in [9.17, 15) is 9.59 Å². The summed E-state index contributed by atoms with van der Waals surface area (Å²) in [5.74, 6) is -0.963. The largest absolute Gasteiger partial charge is 2.00 e. The van der Waals surface area contributed by atoms with Gasteiger partial charge >= 0.3 is 87.4 Å². The van der Waals surface area contributed by atoms with Gasteiger partial charge in [0.25, 0.3) is 0 Å². The van der Waals surface area contributed by atoms with Gasteiger partial charge < -0.3 is 10.4 Å². The first-order valence-corrected chi connectivity index (χ1v) is 11.5. The normalized spacial score (nSPS) is 10.0. The number of benzene rings is 1. The minimum atomic E-state index is -0.549. The summed E-state index contributed by atoms with van der Waals surface area (Å²) in [7, 11) is 0. The van der Waals surface area contributed by atoms with Gasteiger partial charge in [0.2, 0.25) is 0 Å². The average Bonchev–Trinajstić information content (AvgIpc) is 2.71. The molecule has 0 N–H and O–H groups in total. The Bertz CT molecular complexity index is 538. The van der Waals surface area contributed by atoms with Gasteiger partial charge in [-0.3, -0.25) is 4.79 Å². The smallest absolute Gasteiger partial charge is 1.00 e. The molecule has 0 aliphatic carbocycles. The molecule has 0 atom stereocenters. The Labute approximate surface area is 250 Å². The second-order valence-corrected chi connectivity index (χ2v) is 7.83. The van der Waals surface area contributed by atoms with Gasteiger partial charge in [-0.1, -0.05) is 115 Å². The Hall–Kier alpha value is 0.879. The topological polar surface area (TPSA) is 43.4 Å². The van der Waals surface area contributed by atoms with Gasteiger partial charge in [-0.25, -0.2) is 4.79 Å². The molecule has 5 heteroatoms. The van der Waals surface area contributed by atoms with Gasteiger partial charge in [-0.15, -0.1) is 0 Å². The van der Waals surface area contributed by atoms with Gasteiger partial charge in [-0.05, 0) is 18.6 Å². The Kier molecular flexibility index (Phi) is 27.0. The minimum Gasteiger partial charge on any atom is -1.00 e. The minimum absolute atomic E-state index is 0. The summed E-state index contributed by atoms with van der Waals surface area (Å²) in [5, 5.41) is 0. The van der Waals surface area contributed by atoms with Crippen LogP contribution in [0.1, 0.15) is 126 Å². The van der Waals surface area contributed by atoms with E-state index in [2.05, 4.69) is 6.92 Å². The maximum Gasteiger partial charge on any atom is 2.00 e. The number of hydrogen-bond acceptors (Lipinski definition) is 3. The van der Waals surface area contributed by atoms with E-state index >= 15 is 0 Å². The third-order valence-corrected chi connectivity index (χ3v) is 5.20. The first-order chi connectivity index (χ1) is 13.7. The van der Waals surface area contributed by atoms with Crippen LogP contribution in [-0.4, -0.2) is 87.4 Å². The van der Waals surface area contributed by atoms with Crippen molar-refractivity contribution in [2.75, 3.05) is 0 Å². The molecule has 0 amide bonds. The van der Waals surface area contributed by atoms with E-state index in [0.29, 0.717) is 12.0 Å². The number of ether oxygens (including phenoxy) is 1. The molecule has 30 heavy (non-hydrogen) atoms. The number of carbonyl (C=O) groups is 2. The average molecular weight is 473 g/mol. The zero-order valence-electron chi connectivity index (χ0n) is 23.3. The summed E-state index contributed by atoms with van der Waals surface area (Å²) in [6.45, 7) is 2.27. The van der Waals surface area contributed by atoms with E-state index in [1.54, 1.807) is 24.3 Å².